The molecule has 0 aliphatic rings. The minimum absolute atomic E-state index is 0.570. The summed E-state index contributed by atoms with van der Waals surface area (Å²) < 4.78 is 11.5. The van der Waals surface area contributed by atoms with Gasteiger partial charge in [-0.2, -0.15) is 0 Å². The summed E-state index contributed by atoms with van der Waals surface area (Å²) in [6, 6.07) is 3.83. The van der Waals surface area contributed by atoms with Gasteiger partial charge in [-0.15, -0.1) is 0 Å². The number of rotatable bonds is 8. The third-order valence-corrected chi connectivity index (χ3v) is 4.38. The molecule has 2 N–H and O–H groups in total. The van der Waals surface area contributed by atoms with Crippen molar-refractivity contribution < 1.29 is 14.6 Å². The van der Waals surface area contributed by atoms with E-state index in [1.54, 1.807) is 14.2 Å². The van der Waals surface area contributed by atoms with Gasteiger partial charge in [0, 0.05) is 17.6 Å². The quantitative estimate of drug-likeness (QED) is 0.760. The Labute approximate surface area is 129 Å². The molecule has 0 amide bonds. The smallest absolute Gasteiger partial charge is 0.161 e. The van der Waals surface area contributed by atoms with Crippen LogP contribution in [0.1, 0.15) is 32.3 Å². The van der Waals surface area contributed by atoms with Crippen LogP contribution in [-0.4, -0.2) is 31.5 Å². The minimum atomic E-state index is -0.636. The van der Waals surface area contributed by atoms with Crippen LogP contribution in [0, 0.1) is 0 Å². The molecule has 4 nitrogen and oxygen atoms in total. The Bertz CT molecular complexity index is 433. The van der Waals surface area contributed by atoms with Gasteiger partial charge < -0.3 is 19.9 Å². The molecule has 0 atom stereocenters. The van der Waals surface area contributed by atoms with Crippen LogP contribution in [0.2, 0.25) is 0 Å². The zero-order valence-electron chi connectivity index (χ0n) is 12.6. The lowest BCUT2D eigenvalue weighted by atomic mass is 9.97. The number of methoxy groups -OCH3 is 2. The lowest BCUT2D eigenvalue weighted by Gasteiger charge is -2.25. The lowest BCUT2D eigenvalue weighted by molar-refractivity contribution is 0.0323. The molecule has 5 heteroatoms. The van der Waals surface area contributed by atoms with Crippen molar-refractivity contribution in [2.45, 2.75) is 38.8 Å². The highest BCUT2D eigenvalue weighted by atomic mass is 79.9. The predicted octanol–water partition coefficient (Wildman–Crippen LogP) is 3.11. The second kappa shape index (κ2) is 7.86. The molecule has 0 spiro atoms. The van der Waals surface area contributed by atoms with Crippen LogP contribution in [0.15, 0.2) is 16.6 Å². The van der Waals surface area contributed by atoms with E-state index >= 15 is 0 Å². The van der Waals surface area contributed by atoms with E-state index < -0.39 is 5.60 Å². The fraction of sp³-hybridized carbons (Fsp3) is 0.600. The van der Waals surface area contributed by atoms with Crippen LogP contribution in [-0.2, 0) is 6.54 Å². The van der Waals surface area contributed by atoms with Crippen molar-refractivity contribution in [2.75, 3.05) is 20.8 Å². The molecular weight excluding hydrogens is 322 g/mol. The summed E-state index contributed by atoms with van der Waals surface area (Å²) in [7, 11) is 3.24. The van der Waals surface area contributed by atoms with Gasteiger partial charge in [0.05, 0.1) is 19.8 Å². The summed E-state index contributed by atoms with van der Waals surface area (Å²) >= 11 is 3.53. The molecule has 0 bridgehead atoms. The summed E-state index contributed by atoms with van der Waals surface area (Å²) in [6.07, 6.45) is 1.48. The first-order valence-electron chi connectivity index (χ1n) is 6.83. The Balaban J connectivity index is 2.73. The average molecular weight is 346 g/mol. The molecule has 0 aliphatic carbocycles. The Morgan fingerprint density at radius 2 is 1.70 bits per heavy atom. The maximum Gasteiger partial charge on any atom is 0.161 e. The monoisotopic (exact) mass is 345 g/mol. The largest absolute Gasteiger partial charge is 0.493 e. The third-order valence-electron chi connectivity index (χ3n) is 3.64. The van der Waals surface area contributed by atoms with Gasteiger partial charge in [0.2, 0.25) is 0 Å². The van der Waals surface area contributed by atoms with E-state index in [9.17, 15) is 5.11 Å². The number of hydrogen-bond donors (Lipinski definition) is 2. The van der Waals surface area contributed by atoms with Crippen molar-refractivity contribution in [1.29, 1.82) is 0 Å². The van der Waals surface area contributed by atoms with E-state index in [1.807, 2.05) is 26.0 Å². The lowest BCUT2D eigenvalue weighted by Crippen LogP contribution is -2.39. The summed E-state index contributed by atoms with van der Waals surface area (Å²) in [5, 5.41) is 13.5. The second-order valence-electron chi connectivity index (χ2n) is 4.83. The zero-order valence-corrected chi connectivity index (χ0v) is 14.2. The Morgan fingerprint density at radius 3 is 2.20 bits per heavy atom. The molecule has 0 unspecified atom stereocenters. The van der Waals surface area contributed by atoms with Crippen molar-refractivity contribution in [3.63, 3.8) is 0 Å². The van der Waals surface area contributed by atoms with Gasteiger partial charge in [0.25, 0.3) is 0 Å². The van der Waals surface area contributed by atoms with Gasteiger partial charge in [-0.25, -0.2) is 0 Å². The van der Waals surface area contributed by atoms with E-state index in [-0.39, 0.29) is 0 Å². The molecule has 0 radical (unpaired) electrons. The van der Waals surface area contributed by atoms with Gasteiger partial charge >= 0.3 is 0 Å². The summed E-state index contributed by atoms with van der Waals surface area (Å²) in [5.41, 5.74) is 0.431. The molecule has 1 aromatic rings. The second-order valence-corrected chi connectivity index (χ2v) is 5.69. The van der Waals surface area contributed by atoms with Gasteiger partial charge in [0.15, 0.2) is 11.5 Å². The van der Waals surface area contributed by atoms with E-state index in [0.29, 0.717) is 24.6 Å². The molecule has 1 rings (SSSR count). The van der Waals surface area contributed by atoms with Crippen molar-refractivity contribution in [1.82, 2.24) is 5.32 Å². The van der Waals surface area contributed by atoms with Crippen LogP contribution in [0.3, 0.4) is 0 Å². The fourth-order valence-corrected chi connectivity index (χ4v) is 2.42. The summed E-state index contributed by atoms with van der Waals surface area (Å²) in [5.74, 6) is 1.40. The SMILES string of the molecule is CCC(O)(CC)CNCc1cc(OC)c(OC)cc1Br. The Kier molecular flexibility index (Phi) is 6.79. The molecule has 114 valence electrons. The first-order valence-corrected chi connectivity index (χ1v) is 7.62. The summed E-state index contributed by atoms with van der Waals surface area (Å²) in [4.78, 5) is 0. The van der Waals surface area contributed by atoms with Crippen LogP contribution in [0.25, 0.3) is 0 Å². The van der Waals surface area contributed by atoms with Gasteiger partial charge in [-0.3, -0.25) is 0 Å². The number of aliphatic hydroxyl groups is 1. The number of nitrogens with one attached hydrogen (secondary N) is 1. The molecular formula is C15H24BrNO3. The molecule has 1 aromatic carbocycles. The van der Waals surface area contributed by atoms with Crippen LogP contribution in [0.5, 0.6) is 11.5 Å². The highest BCUT2D eigenvalue weighted by Crippen LogP contribution is 2.33. The Morgan fingerprint density at radius 1 is 1.15 bits per heavy atom. The van der Waals surface area contributed by atoms with Crippen LogP contribution >= 0.6 is 15.9 Å². The maximum absolute atomic E-state index is 10.2. The first-order chi connectivity index (χ1) is 9.49. The highest BCUT2D eigenvalue weighted by molar-refractivity contribution is 9.10. The van der Waals surface area contributed by atoms with Crippen LogP contribution < -0.4 is 14.8 Å². The molecule has 0 aliphatic heterocycles. The van der Waals surface area contributed by atoms with Crippen LogP contribution in [0.4, 0.5) is 0 Å². The number of hydrogen-bond acceptors (Lipinski definition) is 4. The zero-order chi connectivity index (χ0) is 15.2. The standard InChI is InChI=1S/C15H24BrNO3/c1-5-15(18,6-2)10-17-9-11-7-13(19-3)14(20-4)8-12(11)16/h7-8,17-18H,5-6,9-10H2,1-4H3. The summed E-state index contributed by atoms with van der Waals surface area (Å²) in [6.45, 7) is 5.22. The molecule has 0 fully saturated rings. The highest BCUT2D eigenvalue weighted by Gasteiger charge is 2.21. The normalized spacial score (nSPS) is 11.5. The predicted molar refractivity (Wildman–Crippen MR) is 84.5 cm³/mol. The van der Waals surface area contributed by atoms with E-state index in [1.165, 1.54) is 0 Å². The molecule has 0 heterocycles. The molecule has 0 aromatic heterocycles. The van der Waals surface area contributed by atoms with E-state index in [0.717, 1.165) is 22.9 Å². The van der Waals surface area contributed by atoms with Crippen molar-refractivity contribution in [3.8, 4) is 11.5 Å². The number of ether oxygens (including phenoxy) is 2. The van der Waals surface area contributed by atoms with Gasteiger partial charge in [0.1, 0.15) is 0 Å². The average Bonchev–Trinajstić information content (AvgIpc) is 2.48. The number of benzene rings is 1. The molecule has 0 saturated heterocycles. The third kappa shape index (κ3) is 4.36. The first kappa shape index (κ1) is 17.3. The minimum Gasteiger partial charge on any atom is -0.493 e. The topological polar surface area (TPSA) is 50.7 Å². The Hall–Kier alpha value is -0.780. The van der Waals surface area contributed by atoms with E-state index in [2.05, 4.69) is 21.2 Å². The fourth-order valence-electron chi connectivity index (χ4n) is 1.96. The van der Waals surface area contributed by atoms with Gasteiger partial charge in [-0.1, -0.05) is 29.8 Å². The molecule has 20 heavy (non-hydrogen) atoms. The van der Waals surface area contributed by atoms with Gasteiger partial charge in [-0.05, 0) is 30.5 Å². The molecule has 0 saturated carbocycles. The number of halogens is 1. The maximum atomic E-state index is 10.2. The van der Waals surface area contributed by atoms with Crippen molar-refractivity contribution in [2.24, 2.45) is 0 Å². The van der Waals surface area contributed by atoms with E-state index in [4.69, 9.17) is 9.47 Å². The van der Waals surface area contributed by atoms with Crippen molar-refractivity contribution in [3.05, 3.63) is 22.2 Å². The van der Waals surface area contributed by atoms with Crippen molar-refractivity contribution >= 4 is 15.9 Å².